The smallest absolute Gasteiger partial charge is 0.0931 e. The Balaban J connectivity index is 1.89. The molecule has 5 heteroatoms. The highest BCUT2D eigenvalue weighted by molar-refractivity contribution is 7.16. The van der Waals surface area contributed by atoms with Gasteiger partial charge in [0.25, 0.3) is 0 Å². The molecule has 0 fully saturated rings. The molecule has 2 aromatic heterocycles. The van der Waals surface area contributed by atoms with Crippen LogP contribution in [0.15, 0.2) is 54.9 Å². The van der Waals surface area contributed by atoms with Gasteiger partial charge in [-0.2, -0.15) is 5.10 Å². The van der Waals surface area contributed by atoms with Crippen molar-refractivity contribution in [2.45, 2.75) is 6.04 Å². The van der Waals surface area contributed by atoms with E-state index in [2.05, 4.69) is 5.10 Å². The van der Waals surface area contributed by atoms with Crippen LogP contribution in [-0.4, -0.2) is 9.78 Å². The molecule has 0 aliphatic rings. The lowest BCUT2D eigenvalue weighted by molar-refractivity contribution is 0.871. The fourth-order valence-electron chi connectivity index (χ4n) is 1.88. The average molecular weight is 290 g/mol. The minimum atomic E-state index is -0.185. The van der Waals surface area contributed by atoms with E-state index in [0.29, 0.717) is 0 Å². The van der Waals surface area contributed by atoms with E-state index in [1.54, 1.807) is 6.20 Å². The van der Waals surface area contributed by atoms with Gasteiger partial charge in [-0.25, -0.2) is 4.68 Å². The van der Waals surface area contributed by atoms with Gasteiger partial charge in [0.15, 0.2) is 0 Å². The van der Waals surface area contributed by atoms with Crippen LogP contribution in [0.25, 0.3) is 5.69 Å². The molecular formula is C14H12ClN3S. The summed E-state index contributed by atoms with van der Waals surface area (Å²) in [4.78, 5) is 1.04. The quantitative estimate of drug-likeness (QED) is 0.800. The van der Waals surface area contributed by atoms with Gasteiger partial charge in [-0.3, -0.25) is 0 Å². The molecule has 0 aliphatic heterocycles. The van der Waals surface area contributed by atoms with Crippen molar-refractivity contribution in [2.24, 2.45) is 5.73 Å². The Hall–Kier alpha value is -1.62. The molecule has 0 saturated carbocycles. The van der Waals surface area contributed by atoms with Crippen molar-refractivity contribution in [3.05, 3.63) is 69.6 Å². The molecule has 2 heterocycles. The second-order valence-corrected chi connectivity index (χ2v) is 5.92. The van der Waals surface area contributed by atoms with Crippen LogP contribution < -0.4 is 5.73 Å². The first kappa shape index (κ1) is 12.4. The topological polar surface area (TPSA) is 43.8 Å². The lowest BCUT2D eigenvalue weighted by Gasteiger charge is -2.05. The van der Waals surface area contributed by atoms with Gasteiger partial charge in [0.1, 0.15) is 0 Å². The molecule has 2 N–H and O–H groups in total. The van der Waals surface area contributed by atoms with Gasteiger partial charge in [0, 0.05) is 16.6 Å². The summed E-state index contributed by atoms with van der Waals surface area (Å²) < 4.78 is 2.57. The van der Waals surface area contributed by atoms with Crippen LogP contribution in [0.4, 0.5) is 0 Å². The van der Waals surface area contributed by atoms with E-state index in [0.717, 1.165) is 20.5 Å². The number of para-hydroxylation sites is 1. The normalized spacial score (nSPS) is 12.5. The molecule has 0 bridgehead atoms. The zero-order valence-corrected chi connectivity index (χ0v) is 11.6. The number of nitrogens with zero attached hydrogens (tertiary/aromatic N) is 2. The van der Waals surface area contributed by atoms with Crippen molar-refractivity contribution in [3.8, 4) is 5.69 Å². The average Bonchev–Trinajstić information content (AvgIpc) is 3.08. The van der Waals surface area contributed by atoms with Crippen molar-refractivity contribution in [3.63, 3.8) is 0 Å². The van der Waals surface area contributed by atoms with Crippen LogP contribution in [0.1, 0.15) is 16.5 Å². The summed E-state index contributed by atoms with van der Waals surface area (Å²) in [5.41, 5.74) is 8.21. The van der Waals surface area contributed by atoms with Gasteiger partial charge in [0.2, 0.25) is 0 Å². The van der Waals surface area contributed by atoms with Crippen LogP contribution in [0.5, 0.6) is 0 Å². The van der Waals surface area contributed by atoms with Crippen LogP contribution in [0.2, 0.25) is 4.34 Å². The second-order valence-electron chi connectivity index (χ2n) is 4.17. The standard InChI is InChI=1S/C14H12ClN3S/c15-13-7-6-12(19-13)14(16)10-8-17-18(9-10)11-4-2-1-3-5-11/h1-9,14H,16H2. The Morgan fingerprint density at radius 2 is 1.95 bits per heavy atom. The molecule has 3 rings (SSSR count). The Morgan fingerprint density at radius 1 is 1.16 bits per heavy atom. The minimum absolute atomic E-state index is 0.185. The SMILES string of the molecule is NC(c1cnn(-c2ccccc2)c1)c1ccc(Cl)s1. The summed E-state index contributed by atoms with van der Waals surface area (Å²) in [5.74, 6) is 0. The molecule has 3 nitrogen and oxygen atoms in total. The summed E-state index contributed by atoms with van der Waals surface area (Å²) in [6, 6.07) is 13.6. The van der Waals surface area contributed by atoms with E-state index < -0.39 is 0 Å². The molecule has 0 amide bonds. The fourth-order valence-corrected chi connectivity index (χ4v) is 2.97. The first-order valence-electron chi connectivity index (χ1n) is 5.85. The maximum Gasteiger partial charge on any atom is 0.0931 e. The van der Waals surface area contributed by atoms with E-state index in [-0.39, 0.29) is 6.04 Å². The number of thiophene rings is 1. The Morgan fingerprint density at radius 3 is 2.63 bits per heavy atom. The molecule has 19 heavy (non-hydrogen) atoms. The largest absolute Gasteiger partial charge is 0.320 e. The molecule has 0 spiro atoms. The van der Waals surface area contributed by atoms with E-state index in [1.807, 2.05) is 53.3 Å². The van der Waals surface area contributed by atoms with E-state index >= 15 is 0 Å². The molecule has 3 aromatic rings. The van der Waals surface area contributed by atoms with Crippen LogP contribution in [0, 0.1) is 0 Å². The highest BCUT2D eigenvalue weighted by Gasteiger charge is 2.13. The number of hydrogen-bond acceptors (Lipinski definition) is 3. The van der Waals surface area contributed by atoms with Crippen LogP contribution in [0.3, 0.4) is 0 Å². The maximum atomic E-state index is 6.22. The third-order valence-corrected chi connectivity index (χ3v) is 4.20. The molecule has 0 aliphatic carbocycles. The van der Waals surface area contributed by atoms with Crippen LogP contribution >= 0.6 is 22.9 Å². The molecule has 96 valence electrons. The van der Waals surface area contributed by atoms with Crippen molar-refractivity contribution >= 4 is 22.9 Å². The van der Waals surface area contributed by atoms with Gasteiger partial charge in [-0.15, -0.1) is 11.3 Å². The number of benzene rings is 1. The van der Waals surface area contributed by atoms with Gasteiger partial charge in [0.05, 0.1) is 22.3 Å². The molecule has 1 unspecified atom stereocenters. The zero-order valence-electron chi connectivity index (χ0n) is 10.0. The monoisotopic (exact) mass is 289 g/mol. The number of aromatic nitrogens is 2. The lowest BCUT2D eigenvalue weighted by Crippen LogP contribution is -2.09. The van der Waals surface area contributed by atoms with Crippen LogP contribution in [-0.2, 0) is 0 Å². The summed E-state index contributed by atoms with van der Waals surface area (Å²) in [6.07, 6.45) is 3.75. The maximum absolute atomic E-state index is 6.22. The van der Waals surface area contributed by atoms with Gasteiger partial charge >= 0.3 is 0 Å². The summed E-state index contributed by atoms with van der Waals surface area (Å²) in [6.45, 7) is 0. The lowest BCUT2D eigenvalue weighted by atomic mass is 10.1. The number of halogens is 1. The molecule has 1 atom stereocenters. The third kappa shape index (κ3) is 2.56. The molecule has 0 radical (unpaired) electrons. The Labute approximate surface area is 120 Å². The number of nitrogens with two attached hydrogens (primary N) is 1. The first-order chi connectivity index (χ1) is 9.24. The summed E-state index contributed by atoms with van der Waals surface area (Å²) in [7, 11) is 0. The van der Waals surface area contributed by atoms with Gasteiger partial charge < -0.3 is 5.73 Å². The highest BCUT2D eigenvalue weighted by atomic mass is 35.5. The zero-order chi connectivity index (χ0) is 13.2. The third-order valence-electron chi connectivity index (χ3n) is 2.88. The van der Waals surface area contributed by atoms with Crippen molar-refractivity contribution < 1.29 is 0 Å². The predicted molar refractivity (Wildman–Crippen MR) is 78.9 cm³/mol. The molecule has 0 saturated heterocycles. The summed E-state index contributed by atoms with van der Waals surface area (Å²) in [5, 5.41) is 4.35. The Bertz CT molecular complexity index is 675. The van der Waals surface area contributed by atoms with E-state index in [9.17, 15) is 0 Å². The Kier molecular flexibility index (Phi) is 3.38. The summed E-state index contributed by atoms with van der Waals surface area (Å²) >= 11 is 7.43. The number of rotatable bonds is 3. The van der Waals surface area contributed by atoms with E-state index in [1.165, 1.54) is 11.3 Å². The molecule has 1 aromatic carbocycles. The number of hydrogen-bond donors (Lipinski definition) is 1. The van der Waals surface area contributed by atoms with Gasteiger partial charge in [-0.1, -0.05) is 29.8 Å². The van der Waals surface area contributed by atoms with E-state index in [4.69, 9.17) is 17.3 Å². The molecular weight excluding hydrogens is 278 g/mol. The van der Waals surface area contributed by atoms with Gasteiger partial charge in [-0.05, 0) is 24.3 Å². The fraction of sp³-hybridized carbons (Fsp3) is 0.0714. The van der Waals surface area contributed by atoms with Crippen molar-refractivity contribution in [2.75, 3.05) is 0 Å². The van der Waals surface area contributed by atoms with Crippen molar-refractivity contribution in [1.82, 2.24) is 9.78 Å². The predicted octanol–water partition coefficient (Wildman–Crippen LogP) is 3.64. The highest BCUT2D eigenvalue weighted by Crippen LogP contribution is 2.29. The second kappa shape index (κ2) is 5.17. The minimum Gasteiger partial charge on any atom is -0.320 e. The first-order valence-corrected chi connectivity index (χ1v) is 7.04. The van der Waals surface area contributed by atoms with Crippen molar-refractivity contribution in [1.29, 1.82) is 0 Å².